The highest BCUT2D eigenvalue weighted by molar-refractivity contribution is 7.41. The highest BCUT2D eigenvalue weighted by atomic mass is 31.2. The highest BCUT2D eigenvalue weighted by Crippen LogP contribution is 2.41. The minimum atomic E-state index is -1.62. The van der Waals surface area contributed by atoms with Crippen LogP contribution in [0.3, 0.4) is 0 Å². The molecule has 1 aliphatic rings. The lowest BCUT2D eigenvalue weighted by Gasteiger charge is -2.28. The summed E-state index contributed by atoms with van der Waals surface area (Å²) in [5.41, 5.74) is -2.52. The van der Waals surface area contributed by atoms with Gasteiger partial charge in [-0.05, 0) is 66.9 Å². The van der Waals surface area contributed by atoms with Crippen molar-refractivity contribution in [2.75, 3.05) is 24.7 Å². The fraction of sp³-hybridized carbons (Fsp3) is 0.731. The molecule has 3 atom stereocenters. The van der Waals surface area contributed by atoms with Gasteiger partial charge in [0, 0.05) is 6.20 Å². The normalized spacial score (nSPS) is 18.1. The van der Waals surface area contributed by atoms with Crippen LogP contribution in [0.5, 0.6) is 0 Å². The van der Waals surface area contributed by atoms with Crippen molar-refractivity contribution < 1.29 is 37.4 Å². The maximum Gasteiger partial charge on any atom is 0.425 e. The zero-order valence-corrected chi connectivity index (χ0v) is 25.3. The largest absolute Gasteiger partial charge is 0.443 e. The van der Waals surface area contributed by atoms with Crippen molar-refractivity contribution in [3.63, 3.8) is 0 Å². The summed E-state index contributed by atoms with van der Waals surface area (Å²) in [7, 11) is -1.62. The van der Waals surface area contributed by atoms with Gasteiger partial charge in [0.15, 0.2) is 5.82 Å². The lowest BCUT2D eigenvalue weighted by atomic mass is 10.2. The van der Waals surface area contributed by atoms with Crippen LogP contribution in [0.4, 0.5) is 15.4 Å². The Labute approximate surface area is 236 Å². The van der Waals surface area contributed by atoms with E-state index in [4.69, 9.17) is 33.0 Å². The number of hydrogen-bond acceptors (Lipinski definition) is 11. The molecule has 0 aliphatic carbocycles. The van der Waals surface area contributed by atoms with Crippen molar-refractivity contribution >= 4 is 26.6 Å². The third-order valence-electron chi connectivity index (χ3n) is 5.06. The third-order valence-corrected chi connectivity index (χ3v) is 6.21. The number of amides is 2. The van der Waals surface area contributed by atoms with Gasteiger partial charge in [0.25, 0.3) is 0 Å². The molecule has 40 heavy (non-hydrogen) atoms. The molecule has 1 aliphatic heterocycles. The Bertz CT molecular complexity index is 1050. The molecule has 1 aromatic rings. The van der Waals surface area contributed by atoms with Crippen molar-refractivity contribution in [3.05, 3.63) is 22.7 Å². The zero-order valence-electron chi connectivity index (χ0n) is 24.4. The monoisotopic (exact) mass is 584 g/mol. The molecule has 1 saturated heterocycles. The topological polar surface area (TPSA) is 151 Å². The van der Waals surface area contributed by atoms with Crippen LogP contribution >= 0.6 is 8.60 Å². The lowest BCUT2D eigenvalue weighted by molar-refractivity contribution is -0.0237. The van der Waals surface area contributed by atoms with E-state index >= 15 is 0 Å². The molecular weight excluding hydrogens is 543 g/mol. The van der Waals surface area contributed by atoms with Gasteiger partial charge in [-0.1, -0.05) is 13.3 Å². The van der Waals surface area contributed by atoms with Crippen LogP contribution in [-0.2, 0) is 27.8 Å². The lowest BCUT2D eigenvalue weighted by Crippen LogP contribution is -2.45. The number of ether oxygens (including phenoxy) is 3. The van der Waals surface area contributed by atoms with Crippen LogP contribution in [-0.4, -0.2) is 58.9 Å². The minimum absolute atomic E-state index is 0.187. The number of nitrogens with zero attached hydrogens (tertiary/aromatic N) is 4. The molecule has 14 heteroatoms. The van der Waals surface area contributed by atoms with E-state index in [9.17, 15) is 14.4 Å². The highest BCUT2D eigenvalue weighted by Gasteiger charge is 2.35. The Kier molecular flexibility index (Phi) is 12.9. The summed E-state index contributed by atoms with van der Waals surface area (Å²) in [6.07, 6.45) is 1.60. The first kappa shape index (κ1) is 33.6. The summed E-state index contributed by atoms with van der Waals surface area (Å²) in [5, 5.41) is 8.74. The van der Waals surface area contributed by atoms with Gasteiger partial charge in [-0.2, -0.15) is 15.1 Å². The van der Waals surface area contributed by atoms with E-state index in [-0.39, 0.29) is 31.6 Å². The van der Waals surface area contributed by atoms with Gasteiger partial charge < -0.3 is 27.8 Å². The van der Waals surface area contributed by atoms with E-state index in [0.29, 0.717) is 24.3 Å². The Morgan fingerprint density at radius 2 is 1.73 bits per heavy atom. The van der Waals surface area contributed by atoms with Gasteiger partial charge in [0.05, 0.1) is 38.4 Å². The average molecular weight is 585 g/mol. The number of carbonyl (C=O) groups excluding carboxylic acids is 2. The summed E-state index contributed by atoms with van der Waals surface area (Å²) in [6.45, 7) is 12.8. The molecule has 224 valence electrons. The minimum Gasteiger partial charge on any atom is -0.443 e. The molecule has 13 nitrogen and oxygen atoms in total. The first-order chi connectivity index (χ1) is 18.7. The molecule has 1 aromatic heterocycles. The van der Waals surface area contributed by atoms with Crippen LogP contribution in [0, 0.1) is 11.3 Å². The number of anilines is 1. The van der Waals surface area contributed by atoms with E-state index in [2.05, 4.69) is 4.98 Å². The number of nitriles is 1. The fourth-order valence-electron chi connectivity index (χ4n) is 3.34. The average Bonchev–Trinajstić information content (AvgIpc) is 3.29. The molecular formula is C26H41N4O9P. The second-order valence-electron chi connectivity index (χ2n) is 11.0. The van der Waals surface area contributed by atoms with Gasteiger partial charge in [0.1, 0.15) is 17.4 Å². The van der Waals surface area contributed by atoms with Crippen molar-refractivity contribution in [2.45, 2.75) is 104 Å². The number of carbonyl (C=O) groups is 2. The van der Waals surface area contributed by atoms with Crippen molar-refractivity contribution in [3.8, 4) is 6.07 Å². The Morgan fingerprint density at radius 3 is 2.27 bits per heavy atom. The summed E-state index contributed by atoms with van der Waals surface area (Å²) >= 11 is 0. The van der Waals surface area contributed by atoms with E-state index in [1.165, 1.54) is 16.8 Å². The van der Waals surface area contributed by atoms with Gasteiger partial charge in [-0.15, -0.1) is 0 Å². The second kappa shape index (κ2) is 15.4. The van der Waals surface area contributed by atoms with E-state index in [1.54, 1.807) is 41.5 Å². The first-order valence-corrected chi connectivity index (χ1v) is 14.4. The molecule has 0 bridgehead atoms. The SMILES string of the molecule is CCCCOP(OCCC#N)OCC1CCC(n2ccc(N(C(=O)OC(C)(C)C)C(=O)OC(C)(C)C)nc2=O)O1. The summed E-state index contributed by atoms with van der Waals surface area (Å²) in [5.74, 6) is -0.230. The molecule has 0 spiro atoms. The number of hydrogen-bond donors (Lipinski definition) is 0. The molecule has 0 radical (unpaired) electrons. The van der Waals surface area contributed by atoms with Gasteiger partial charge in [-0.25, -0.2) is 14.4 Å². The van der Waals surface area contributed by atoms with Gasteiger partial charge in [-0.3, -0.25) is 4.57 Å². The number of rotatable bonds is 12. The molecule has 0 N–H and O–H groups in total. The van der Waals surface area contributed by atoms with E-state index in [0.717, 1.165) is 12.8 Å². The second-order valence-corrected chi connectivity index (χ2v) is 12.2. The molecule has 2 heterocycles. The molecule has 1 fully saturated rings. The first-order valence-electron chi connectivity index (χ1n) is 13.3. The van der Waals surface area contributed by atoms with Crippen LogP contribution in [0.15, 0.2) is 17.1 Å². The molecule has 3 unspecified atom stereocenters. The van der Waals surface area contributed by atoms with Crippen LogP contribution in [0.2, 0.25) is 0 Å². The Hall–Kier alpha value is -2.62. The number of unbranched alkanes of at least 4 members (excludes halogenated alkanes) is 1. The van der Waals surface area contributed by atoms with Crippen LogP contribution < -0.4 is 10.6 Å². The maximum atomic E-state index is 13.0. The Balaban J connectivity index is 2.11. The van der Waals surface area contributed by atoms with Crippen molar-refractivity contribution in [1.29, 1.82) is 5.26 Å². The molecule has 0 aromatic carbocycles. The van der Waals surface area contributed by atoms with E-state index in [1.807, 2.05) is 13.0 Å². The predicted molar refractivity (Wildman–Crippen MR) is 147 cm³/mol. The van der Waals surface area contributed by atoms with Crippen molar-refractivity contribution in [2.24, 2.45) is 0 Å². The standard InChI is InChI=1S/C26H41N4O9P/c1-8-9-16-34-40(35-17-10-14-27)36-18-19-11-12-21(37-19)29-15-13-20(28-22(29)31)30(23(32)38-25(2,3)4)24(33)39-26(5,6)7/h13,15,19,21H,8-12,16-18H2,1-7H3. The van der Waals surface area contributed by atoms with Gasteiger partial charge in [0.2, 0.25) is 0 Å². The third kappa shape index (κ3) is 11.5. The molecule has 0 saturated carbocycles. The number of aromatic nitrogens is 2. The predicted octanol–water partition coefficient (Wildman–Crippen LogP) is 5.59. The quantitative estimate of drug-likeness (QED) is 0.223. The van der Waals surface area contributed by atoms with E-state index < -0.39 is 43.9 Å². The summed E-state index contributed by atoms with van der Waals surface area (Å²) < 4.78 is 35.0. The van der Waals surface area contributed by atoms with Crippen LogP contribution in [0.1, 0.15) is 86.8 Å². The zero-order chi connectivity index (χ0) is 29.9. The Morgan fingerprint density at radius 1 is 1.10 bits per heavy atom. The number of imide groups is 1. The molecule has 2 amide bonds. The van der Waals surface area contributed by atoms with Gasteiger partial charge >= 0.3 is 26.5 Å². The summed E-state index contributed by atoms with van der Waals surface area (Å²) in [6, 6.07) is 3.37. The smallest absolute Gasteiger partial charge is 0.425 e. The fourth-order valence-corrected chi connectivity index (χ4v) is 4.37. The molecule has 2 rings (SSSR count). The van der Waals surface area contributed by atoms with Crippen molar-refractivity contribution in [1.82, 2.24) is 9.55 Å². The summed E-state index contributed by atoms with van der Waals surface area (Å²) in [4.78, 5) is 43.2. The van der Waals surface area contributed by atoms with Crippen LogP contribution in [0.25, 0.3) is 0 Å². The maximum absolute atomic E-state index is 13.0.